The van der Waals surface area contributed by atoms with Gasteiger partial charge < -0.3 is 18.9 Å². The molecule has 0 bridgehead atoms. The van der Waals surface area contributed by atoms with E-state index < -0.39 is 24.2 Å². The van der Waals surface area contributed by atoms with Gasteiger partial charge in [0, 0.05) is 18.1 Å². The predicted octanol–water partition coefficient (Wildman–Crippen LogP) is 5.93. The summed E-state index contributed by atoms with van der Waals surface area (Å²) in [7, 11) is 0. The molecule has 0 aliphatic carbocycles. The highest BCUT2D eigenvalue weighted by atomic mass is 16.6. The molecule has 41 heavy (non-hydrogen) atoms. The molecule has 1 aliphatic rings. The van der Waals surface area contributed by atoms with E-state index in [0.29, 0.717) is 31.9 Å². The first-order chi connectivity index (χ1) is 20.2. The van der Waals surface area contributed by atoms with E-state index in [1.54, 1.807) is 24.4 Å². The highest BCUT2D eigenvalue weighted by molar-refractivity contribution is 5.88. The molecule has 1 aliphatic heterocycles. The summed E-state index contributed by atoms with van der Waals surface area (Å²) >= 11 is 0. The number of carbonyl (C=O) groups is 2. The van der Waals surface area contributed by atoms with Gasteiger partial charge in [0.05, 0.1) is 31.9 Å². The highest BCUT2D eigenvalue weighted by Crippen LogP contribution is 2.26. The van der Waals surface area contributed by atoms with Crippen LogP contribution in [0.4, 0.5) is 4.79 Å². The SMILES string of the molecule is O=C(OC(COCc1ccccc1)COCc1ccccc1)[C@@H]1CCCCN1C(=O)Oc1cccc2ncccc12. The van der Waals surface area contributed by atoms with Crippen molar-refractivity contribution in [1.29, 1.82) is 0 Å². The maximum Gasteiger partial charge on any atom is 0.416 e. The van der Waals surface area contributed by atoms with E-state index >= 15 is 0 Å². The number of hydrogen-bond acceptors (Lipinski definition) is 7. The van der Waals surface area contributed by atoms with Crippen LogP contribution in [0.25, 0.3) is 10.9 Å². The summed E-state index contributed by atoms with van der Waals surface area (Å²) in [6.45, 7) is 1.50. The van der Waals surface area contributed by atoms with Gasteiger partial charge in [-0.25, -0.2) is 9.59 Å². The van der Waals surface area contributed by atoms with E-state index in [4.69, 9.17) is 18.9 Å². The van der Waals surface area contributed by atoms with Gasteiger partial charge in [-0.1, -0.05) is 66.7 Å². The molecule has 2 heterocycles. The Morgan fingerprint density at radius 1 is 0.805 bits per heavy atom. The van der Waals surface area contributed by atoms with Crippen LogP contribution in [-0.4, -0.2) is 53.9 Å². The molecular weight excluding hydrogens is 520 g/mol. The van der Waals surface area contributed by atoms with Crippen LogP contribution >= 0.6 is 0 Å². The minimum Gasteiger partial charge on any atom is -0.456 e. The smallest absolute Gasteiger partial charge is 0.416 e. The first kappa shape index (κ1) is 28.3. The third kappa shape index (κ3) is 7.90. The monoisotopic (exact) mass is 554 g/mol. The molecule has 8 nitrogen and oxygen atoms in total. The van der Waals surface area contributed by atoms with Crippen molar-refractivity contribution >= 4 is 23.0 Å². The number of pyridine rings is 1. The van der Waals surface area contributed by atoms with Crippen molar-refractivity contribution in [3.8, 4) is 5.75 Å². The van der Waals surface area contributed by atoms with Crippen LogP contribution in [0.1, 0.15) is 30.4 Å². The fraction of sp³-hybridized carbons (Fsp3) is 0.303. The maximum atomic E-state index is 13.5. The molecular formula is C33H34N2O6. The Kier molecular flexibility index (Phi) is 9.92. The third-order valence-corrected chi connectivity index (χ3v) is 6.93. The Hall–Kier alpha value is -4.27. The average molecular weight is 555 g/mol. The van der Waals surface area contributed by atoms with Gasteiger partial charge in [0.25, 0.3) is 0 Å². The zero-order chi connectivity index (χ0) is 28.3. The van der Waals surface area contributed by atoms with Gasteiger partial charge >= 0.3 is 12.1 Å². The van der Waals surface area contributed by atoms with Gasteiger partial charge in [0.2, 0.25) is 0 Å². The van der Waals surface area contributed by atoms with Crippen LogP contribution in [-0.2, 0) is 32.2 Å². The van der Waals surface area contributed by atoms with E-state index in [1.807, 2.05) is 72.8 Å². The Labute approximate surface area is 239 Å². The van der Waals surface area contributed by atoms with Crippen molar-refractivity contribution in [3.05, 3.63) is 108 Å². The van der Waals surface area contributed by atoms with E-state index in [1.165, 1.54) is 4.90 Å². The Bertz CT molecular complexity index is 1360. The van der Waals surface area contributed by atoms with Crippen LogP contribution in [0.3, 0.4) is 0 Å². The predicted molar refractivity (Wildman–Crippen MR) is 154 cm³/mol. The largest absolute Gasteiger partial charge is 0.456 e. The molecule has 0 N–H and O–H groups in total. The van der Waals surface area contributed by atoms with E-state index in [0.717, 1.165) is 34.9 Å². The number of piperidine rings is 1. The number of hydrogen-bond donors (Lipinski definition) is 0. The Morgan fingerprint density at radius 2 is 1.49 bits per heavy atom. The third-order valence-electron chi connectivity index (χ3n) is 6.93. The van der Waals surface area contributed by atoms with Gasteiger partial charge in [0.15, 0.2) is 0 Å². The normalized spacial score (nSPS) is 15.1. The standard InChI is InChI=1S/C33H34N2O6/c36-32(30-17-7-8-20-35(30)33(37)41-31-18-9-16-29-28(31)15-10-19-34-29)40-27(23-38-21-25-11-3-1-4-12-25)24-39-22-26-13-5-2-6-14-26/h1-6,9-16,18-19,27,30H,7-8,17,20-24H2/t30-/m0/s1. The number of aromatic nitrogens is 1. The highest BCUT2D eigenvalue weighted by Gasteiger charge is 2.36. The number of benzene rings is 3. The summed E-state index contributed by atoms with van der Waals surface area (Å²) in [6, 6.07) is 27.9. The molecule has 5 rings (SSSR count). The molecule has 4 aromatic rings. The molecule has 212 valence electrons. The van der Waals surface area contributed by atoms with Crippen LogP contribution < -0.4 is 4.74 Å². The van der Waals surface area contributed by atoms with E-state index in [2.05, 4.69) is 4.98 Å². The number of amides is 1. The van der Waals surface area contributed by atoms with Crippen LogP contribution in [0.15, 0.2) is 97.2 Å². The lowest BCUT2D eigenvalue weighted by atomic mass is 10.0. The summed E-state index contributed by atoms with van der Waals surface area (Å²) in [4.78, 5) is 32.5. The summed E-state index contributed by atoms with van der Waals surface area (Å²) in [5, 5.41) is 0.727. The Balaban J connectivity index is 1.23. The molecule has 0 spiro atoms. The molecule has 1 atom stereocenters. The van der Waals surface area contributed by atoms with E-state index in [9.17, 15) is 9.59 Å². The molecule has 0 unspecified atom stereocenters. The van der Waals surface area contributed by atoms with Gasteiger partial charge in [-0.3, -0.25) is 9.88 Å². The fourth-order valence-corrected chi connectivity index (χ4v) is 4.84. The number of fused-ring (bicyclic) bond motifs is 1. The van der Waals surface area contributed by atoms with Crippen molar-refractivity contribution in [2.45, 2.75) is 44.6 Å². The first-order valence-corrected chi connectivity index (χ1v) is 13.9. The second kappa shape index (κ2) is 14.4. The van der Waals surface area contributed by atoms with Crippen molar-refractivity contribution in [2.24, 2.45) is 0 Å². The quantitative estimate of drug-likeness (QED) is 0.212. The number of esters is 1. The molecule has 1 amide bonds. The maximum absolute atomic E-state index is 13.5. The van der Waals surface area contributed by atoms with Crippen molar-refractivity contribution in [3.63, 3.8) is 0 Å². The van der Waals surface area contributed by atoms with E-state index in [-0.39, 0.29) is 13.2 Å². The lowest BCUT2D eigenvalue weighted by molar-refractivity contribution is -0.163. The minimum absolute atomic E-state index is 0.162. The number of likely N-dealkylation sites (tertiary alicyclic amines) is 1. The molecule has 1 aromatic heterocycles. The molecule has 0 saturated carbocycles. The fourth-order valence-electron chi connectivity index (χ4n) is 4.84. The van der Waals surface area contributed by atoms with Gasteiger partial charge in [-0.15, -0.1) is 0 Å². The van der Waals surface area contributed by atoms with Crippen molar-refractivity contribution in [1.82, 2.24) is 9.88 Å². The second-order valence-corrected chi connectivity index (χ2v) is 9.96. The topological polar surface area (TPSA) is 87.2 Å². The first-order valence-electron chi connectivity index (χ1n) is 13.9. The lowest BCUT2D eigenvalue weighted by Crippen LogP contribution is -2.50. The van der Waals surface area contributed by atoms with Crippen molar-refractivity contribution < 1.29 is 28.5 Å². The second-order valence-electron chi connectivity index (χ2n) is 9.96. The lowest BCUT2D eigenvalue weighted by Gasteiger charge is -2.34. The number of nitrogens with zero attached hydrogens (tertiary/aromatic N) is 2. The average Bonchev–Trinajstić information content (AvgIpc) is 3.02. The van der Waals surface area contributed by atoms with Gasteiger partial charge in [-0.05, 0) is 54.7 Å². The molecule has 3 aromatic carbocycles. The number of rotatable bonds is 11. The Morgan fingerprint density at radius 3 is 2.17 bits per heavy atom. The number of ether oxygens (including phenoxy) is 4. The minimum atomic E-state index is -0.755. The zero-order valence-electron chi connectivity index (χ0n) is 22.9. The molecule has 8 heteroatoms. The van der Waals surface area contributed by atoms with Crippen LogP contribution in [0.2, 0.25) is 0 Å². The summed E-state index contributed by atoms with van der Waals surface area (Å²) < 4.78 is 23.5. The molecule has 0 radical (unpaired) electrons. The molecule has 1 fully saturated rings. The summed E-state index contributed by atoms with van der Waals surface area (Å²) in [5.41, 5.74) is 2.77. The molecule has 1 saturated heterocycles. The van der Waals surface area contributed by atoms with Crippen molar-refractivity contribution in [2.75, 3.05) is 19.8 Å². The van der Waals surface area contributed by atoms with Crippen LogP contribution in [0.5, 0.6) is 5.75 Å². The summed E-state index contributed by atoms with van der Waals surface area (Å²) in [5.74, 6) is -0.0855. The zero-order valence-corrected chi connectivity index (χ0v) is 22.9. The van der Waals surface area contributed by atoms with Crippen LogP contribution in [0, 0.1) is 0 Å². The van der Waals surface area contributed by atoms with Gasteiger partial charge in [-0.2, -0.15) is 0 Å². The van der Waals surface area contributed by atoms with Gasteiger partial charge in [0.1, 0.15) is 17.9 Å². The summed E-state index contributed by atoms with van der Waals surface area (Å²) in [6.07, 6.45) is 2.54. The number of carbonyl (C=O) groups excluding carboxylic acids is 2.